The minimum Gasteiger partial charge on any atom is -0.447 e. The van der Waals surface area contributed by atoms with E-state index in [9.17, 15) is 10.1 Å². The van der Waals surface area contributed by atoms with E-state index in [1.54, 1.807) is 13.8 Å². The maximum atomic E-state index is 12.0. The molecule has 1 N–H and O–H groups in total. The third-order valence-corrected chi connectivity index (χ3v) is 6.44. The van der Waals surface area contributed by atoms with E-state index in [2.05, 4.69) is 20.9 Å². The second-order valence-electron chi connectivity index (χ2n) is 9.50. The SMILES string of the molecule is Cc1cn(C)c(Oc2ccc3c(C#N)c(-c4ccc(NC(=O)OC(C)C)cc4)n(C4CCC4)c3c2)n1. The average Bonchev–Trinajstić information content (AvgIpc) is 3.28. The molecule has 1 fully saturated rings. The molecular formula is C28H29N5O3. The molecule has 0 radical (unpaired) electrons. The number of nitrogens with one attached hydrogen (secondary N) is 1. The van der Waals surface area contributed by atoms with E-state index in [1.165, 1.54) is 0 Å². The van der Waals surface area contributed by atoms with Crippen molar-refractivity contribution in [3.8, 4) is 29.1 Å². The lowest BCUT2D eigenvalue weighted by molar-refractivity contribution is 0.130. The first-order valence-corrected chi connectivity index (χ1v) is 12.2. The van der Waals surface area contributed by atoms with E-state index < -0.39 is 6.09 Å². The molecular weight excluding hydrogens is 454 g/mol. The fourth-order valence-electron chi connectivity index (χ4n) is 4.64. The van der Waals surface area contributed by atoms with Gasteiger partial charge in [-0.25, -0.2) is 9.78 Å². The Kier molecular flexibility index (Phi) is 6.15. The Labute approximate surface area is 210 Å². The number of nitriles is 1. The number of fused-ring (bicyclic) bond motifs is 1. The number of rotatable bonds is 6. The third kappa shape index (κ3) is 4.40. The molecule has 4 aromatic rings. The van der Waals surface area contributed by atoms with Gasteiger partial charge in [0, 0.05) is 36.4 Å². The highest BCUT2D eigenvalue weighted by Gasteiger charge is 2.28. The normalized spacial score (nSPS) is 13.4. The number of hydrogen-bond acceptors (Lipinski definition) is 5. The summed E-state index contributed by atoms with van der Waals surface area (Å²) in [5.41, 5.74) is 4.93. The Bertz CT molecular complexity index is 1470. The van der Waals surface area contributed by atoms with Crippen LogP contribution in [0.4, 0.5) is 10.5 Å². The molecule has 0 spiro atoms. The quantitative estimate of drug-likeness (QED) is 0.329. The van der Waals surface area contributed by atoms with E-state index in [1.807, 2.05) is 67.2 Å². The van der Waals surface area contributed by atoms with Gasteiger partial charge < -0.3 is 18.6 Å². The lowest BCUT2D eigenvalue weighted by atomic mass is 9.92. The van der Waals surface area contributed by atoms with Crippen LogP contribution >= 0.6 is 0 Å². The van der Waals surface area contributed by atoms with Crippen molar-refractivity contribution in [1.29, 1.82) is 5.26 Å². The number of nitrogens with zero attached hydrogens (tertiary/aromatic N) is 4. The van der Waals surface area contributed by atoms with Crippen molar-refractivity contribution >= 4 is 22.7 Å². The minimum atomic E-state index is -0.491. The molecule has 5 rings (SSSR count). The van der Waals surface area contributed by atoms with E-state index in [-0.39, 0.29) is 6.10 Å². The number of imidazole rings is 1. The van der Waals surface area contributed by atoms with Crippen molar-refractivity contribution in [2.24, 2.45) is 7.05 Å². The van der Waals surface area contributed by atoms with Crippen LogP contribution in [0.15, 0.2) is 48.7 Å². The summed E-state index contributed by atoms with van der Waals surface area (Å²) < 4.78 is 15.4. The van der Waals surface area contributed by atoms with Crippen molar-refractivity contribution in [3.63, 3.8) is 0 Å². The van der Waals surface area contributed by atoms with Gasteiger partial charge in [0.1, 0.15) is 11.8 Å². The first kappa shape index (κ1) is 23.5. The highest BCUT2D eigenvalue weighted by molar-refractivity contribution is 5.96. The van der Waals surface area contributed by atoms with Gasteiger partial charge in [0.05, 0.1) is 28.6 Å². The summed E-state index contributed by atoms with van der Waals surface area (Å²) in [6.45, 7) is 5.54. The summed E-state index contributed by atoms with van der Waals surface area (Å²) in [5.74, 6) is 0.675. The largest absolute Gasteiger partial charge is 0.447 e. The fourth-order valence-corrected chi connectivity index (χ4v) is 4.64. The second kappa shape index (κ2) is 9.42. The van der Waals surface area contributed by atoms with Crippen LogP contribution in [-0.2, 0) is 11.8 Å². The number of benzene rings is 2. The zero-order valence-electron chi connectivity index (χ0n) is 20.9. The molecule has 0 aliphatic heterocycles. The van der Waals surface area contributed by atoms with Crippen LogP contribution in [0.3, 0.4) is 0 Å². The van der Waals surface area contributed by atoms with Gasteiger partial charge in [-0.1, -0.05) is 12.1 Å². The standard InChI is InChI=1S/C28H29N5O3/c1-17(2)35-28(34)31-20-10-8-19(9-11-20)26-24(15-29)23-13-12-22(36-27-30-18(3)16-32(27)4)14-25(23)33(26)21-6-5-7-21/h8-14,16-17,21H,5-7H2,1-4H3,(H,31,34). The lowest BCUT2D eigenvalue weighted by Gasteiger charge is -2.30. The molecule has 0 atom stereocenters. The molecule has 0 bridgehead atoms. The Hall–Kier alpha value is -4.25. The minimum absolute atomic E-state index is 0.198. The molecule has 8 heteroatoms. The molecule has 2 aromatic carbocycles. The van der Waals surface area contributed by atoms with Gasteiger partial charge in [-0.15, -0.1) is 0 Å². The molecule has 1 saturated carbocycles. The maximum Gasteiger partial charge on any atom is 0.411 e. The van der Waals surface area contributed by atoms with Crippen molar-refractivity contribution in [3.05, 3.63) is 59.9 Å². The van der Waals surface area contributed by atoms with Crippen LogP contribution in [0, 0.1) is 18.3 Å². The number of amides is 1. The average molecular weight is 484 g/mol. The predicted molar refractivity (Wildman–Crippen MR) is 138 cm³/mol. The summed E-state index contributed by atoms with van der Waals surface area (Å²) in [5, 5.41) is 13.8. The van der Waals surface area contributed by atoms with Crippen LogP contribution in [0.2, 0.25) is 0 Å². The summed E-state index contributed by atoms with van der Waals surface area (Å²) in [4.78, 5) is 16.4. The molecule has 1 amide bonds. The monoisotopic (exact) mass is 483 g/mol. The molecule has 1 aliphatic carbocycles. The molecule has 2 aromatic heterocycles. The second-order valence-corrected chi connectivity index (χ2v) is 9.50. The van der Waals surface area contributed by atoms with Gasteiger partial charge in [0.2, 0.25) is 0 Å². The number of carbonyl (C=O) groups excluding carboxylic acids is 1. The van der Waals surface area contributed by atoms with Gasteiger partial charge in [0.15, 0.2) is 0 Å². The van der Waals surface area contributed by atoms with Crippen molar-refractivity contribution in [2.75, 3.05) is 5.32 Å². The predicted octanol–water partition coefficient (Wildman–Crippen LogP) is 6.70. The van der Waals surface area contributed by atoms with E-state index in [4.69, 9.17) is 9.47 Å². The number of aryl methyl sites for hydroxylation is 2. The Morgan fingerprint density at radius 3 is 2.53 bits per heavy atom. The van der Waals surface area contributed by atoms with Crippen molar-refractivity contribution in [1.82, 2.24) is 14.1 Å². The topological polar surface area (TPSA) is 94.1 Å². The van der Waals surface area contributed by atoms with Crippen LogP contribution in [0.5, 0.6) is 11.8 Å². The molecule has 1 aliphatic rings. The van der Waals surface area contributed by atoms with Crippen LogP contribution in [0.1, 0.15) is 50.4 Å². The molecule has 2 heterocycles. The molecule has 0 unspecified atom stereocenters. The van der Waals surface area contributed by atoms with Crippen molar-refractivity contribution < 1.29 is 14.3 Å². The number of hydrogen-bond donors (Lipinski definition) is 1. The van der Waals surface area contributed by atoms with Gasteiger partial charge in [-0.2, -0.15) is 5.26 Å². The summed E-state index contributed by atoms with van der Waals surface area (Å²) >= 11 is 0. The van der Waals surface area contributed by atoms with E-state index in [0.717, 1.165) is 47.1 Å². The van der Waals surface area contributed by atoms with Gasteiger partial charge in [-0.3, -0.25) is 5.32 Å². The van der Waals surface area contributed by atoms with E-state index in [0.29, 0.717) is 29.1 Å². The fraction of sp³-hybridized carbons (Fsp3) is 0.321. The maximum absolute atomic E-state index is 12.0. The smallest absolute Gasteiger partial charge is 0.411 e. The van der Waals surface area contributed by atoms with Crippen LogP contribution in [0.25, 0.3) is 22.2 Å². The summed E-state index contributed by atoms with van der Waals surface area (Å²) in [6.07, 6.45) is 4.51. The summed E-state index contributed by atoms with van der Waals surface area (Å²) in [6, 6.07) is 16.6. The lowest BCUT2D eigenvalue weighted by Crippen LogP contribution is -2.18. The summed E-state index contributed by atoms with van der Waals surface area (Å²) in [7, 11) is 1.90. The number of anilines is 1. The van der Waals surface area contributed by atoms with Gasteiger partial charge in [0.25, 0.3) is 0 Å². The van der Waals surface area contributed by atoms with Gasteiger partial charge in [-0.05, 0) is 69.9 Å². The highest BCUT2D eigenvalue weighted by atomic mass is 16.6. The van der Waals surface area contributed by atoms with Crippen LogP contribution in [-0.4, -0.2) is 26.3 Å². The Balaban J connectivity index is 1.56. The zero-order valence-corrected chi connectivity index (χ0v) is 20.9. The molecule has 0 saturated heterocycles. The highest BCUT2D eigenvalue weighted by Crippen LogP contribution is 2.43. The van der Waals surface area contributed by atoms with Gasteiger partial charge >= 0.3 is 12.1 Å². The van der Waals surface area contributed by atoms with E-state index >= 15 is 0 Å². The molecule has 184 valence electrons. The number of carbonyl (C=O) groups is 1. The Morgan fingerprint density at radius 2 is 1.94 bits per heavy atom. The number of aromatic nitrogens is 3. The Morgan fingerprint density at radius 1 is 1.19 bits per heavy atom. The first-order chi connectivity index (χ1) is 17.3. The van der Waals surface area contributed by atoms with Crippen LogP contribution < -0.4 is 10.1 Å². The third-order valence-electron chi connectivity index (χ3n) is 6.44. The zero-order chi connectivity index (χ0) is 25.4. The van der Waals surface area contributed by atoms with Crippen molar-refractivity contribution in [2.45, 2.75) is 52.2 Å². The molecule has 36 heavy (non-hydrogen) atoms. The number of ether oxygens (including phenoxy) is 2. The first-order valence-electron chi connectivity index (χ1n) is 12.2. The molecule has 8 nitrogen and oxygen atoms in total.